The Labute approximate surface area is 111 Å². The van der Waals surface area contributed by atoms with Gasteiger partial charge in [0.1, 0.15) is 22.1 Å². The van der Waals surface area contributed by atoms with E-state index in [1.54, 1.807) is 13.0 Å². The molecule has 0 radical (unpaired) electrons. The van der Waals surface area contributed by atoms with Crippen LogP contribution in [0.25, 0.3) is 0 Å². The van der Waals surface area contributed by atoms with Crippen LogP contribution in [0.5, 0.6) is 0 Å². The molecule has 1 aromatic heterocycles. The maximum atomic E-state index is 13.1. The van der Waals surface area contributed by atoms with Gasteiger partial charge in [0.15, 0.2) is 0 Å². The number of aromatic nitrogens is 2. The van der Waals surface area contributed by atoms with E-state index in [1.165, 1.54) is 18.2 Å². The van der Waals surface area contributed by atoms with Gasteiger partial charge >= 0.3 is 0 Å². The van der Waals surface area contributed by atoms with E-state index in [4.69, 9.17) is 11.6 Å². The predicted octanol–water partition coefficient (Wildman–Crippen LogP) is 4.08. The van der Waals surface area contributed by atoms with E-state index in [2.05, 4.69) is 31.2 Å². The van der Waals surface area contributed by atoms with Gasteiger partial charge in [-0.15, -0.1) is 0 Å². The number of aryl methyl sites for hydroxylation is 1. The molecule has 0 aliphatic carbocycles. The Kier molecular flexibility index (Phi) is 3.59. The first kappa shape index (κ1) is 12.3. The summed E-state index contributed by atoms with van der Waals surface area (Å²) in [7, 11) is 0. The molecule has 0 fully saturated rings. The summed E-state index contributed by atoms with van der Waals surface area (Å²) in [5.74, 6) is 0.799. The van der Waals surface area contributed by atoms with Crippen molar-refractivity contribution in [3.8, 4) is 0 Å². The lowest BCUT2D eigenvalue weighted by Crippen LogP contribution is -1.98. The molecule has 0 aliphatic heterocycles. The third-order valence-corrected chi connectivity index (χ3v) is 2.73. The van der Waals surface area contributed by atoms with Gasteiger partial charge < -0.3 is 5.32 Å². The van der Waals surface area contributed by atoms with Gasteiger partial charge in [0.25, 0.3) is 0 Å². The van der Waals surface area contributed by atoms with Crippen LogP contribution in [0.1, 0.15) is 5.82 Å². The molecule has 6 heteroatoms. The number of nitrogens with zero attached hydrogens (tertiary/aromatic N) is 2. The summed E-state index contributed by atoms with van der Waals surface area (Å²) < 4.78 is 13.7. The highest BCUT2D eigenvalue weighted by molar-refractivity contribution is 9.10. The Morgan fingerprint density at radius 3 is 2.76 bits per heavy atom. The highest BCUT2D eigenvalue weighted by Crippen LogP contribution is 2.26. The van der Waals surface area contributed by atoms with Gasteiger partial charge in [-0.05, 0) is 41.1 Å². The van der Waals surface area contributed by atoms with E-state index in [1.807, 2.05) is 0 Å². The normalized spacial score (nSPS) is 10.4. The SMILES string of the molecule is Cc1nc(Br)cc(Nc2cc(F)ccc2Cl)n1. The summed E-state index contributed by atoms with van der Waals surface area (Å²) >= 11 is 9.20. The van der Waals surface area contributed by atoms with Crippen molar-refractivity contribution in [1.29, 1.82) is 0 Å². The second-order valence-electron chi connectivity index (χ2n) is 3.37. The maximum Gasteiger partial charge on any atom is 0.135 e. The number of nitrogens with one attached hydrogen (secondary N) is 1. The minimum absolute atomic E-state index is 0.359. The van der Waals surface area contributed by atoms with Gasteiger partial charge in [-0.3, -0.25) is 0 Å². The van der Waals surface area contributed by atoms with Crippen LogP contribution in [0.4, 0.5) is 15.9 Å². The van der Waals surface area contributed by atoms with E-state index in [0.29, 0.717) is 27.0 Å². The maximum absolute atomic E-state index is 13.1. The number of benzene rings is 1. The summed E-state index contributed by atoms with van der Waals surface area (Å²) in [4.78, 5) is 8.24. The van der Waals surface area contributed by atoms with Crippen molar-refractivity contribution in [3.63, 3.8) is 0 Å². The average Bonchev–Trinajstić information content (AvgIpc) is 2.22. The molecule has 1 heterocycles. The predicted molar refractivity (Wildman–Crippen MR) is 69.2 cm³/mol. The van der Waals surface area contributed by atoms with E-state index in [9.17, 15) is 4.39 Å². The monoisotopic (exact) mass is 315 g/mol. The van der Waals surface area contributed by atoms with Crippen molar-refractivity contribution >= 4 is 39.0 Å². The fraction of sp³-hybridized carbons (Fsp3) is 0.0909. The summed E-state index contributed by atoms with van der Waals surface area (Å²) in [5.41, 5.74) is 0.469. The first-order valence-corrected chi connectivity index (χ1v) is 5.95. The van der Waals surface area contributed by atoms with E-state index >= 15 is 0 Å². The minimum atomic E-state index is -0.359. The zero-order valence-electron chi connectivity index (χ0n) is 8.84. The molecule has 3 nitrogen and oxygen atoms in total. The van der Waals surface area contributed by atoms with Crippen molar-refractivity contribution in [2.45, 2.75) is 6.92 Å². The highest BCUT2D eigenvalue weighted by Gasteiger charge is 2.05. The van der Waals surface area contributed by atoms with Gasteiger partial charge in [0, 0.05) is 6.07 Å². The Morgan fingerprint density at radius 1 is 1.29 bits per heavy atom. The minimum Gasteiger partial charge on any atom is -0.339 e. The number of anilines is 2. The van der Waals surface area contributed by atoms with Crippen LogP contribution in [0.3, 0.4) is 0 Å². The smallest absolute Gasteiger partial charge is 0.135 e. The number of hydrogen-bond acceptors (Lipinski definition) is 3. The molecule has 1 N–H and O–H groups in total. The topological polar surface area (TPSA) is 37.8 Å². The second kappa shape index (κ2) is 4.98. The third kappa shape index (κ3) is 3.14. The molecule has 2 rings (SSSR count). The summed E-state index contributed by atoms with van der Waals surface area (Å²) in [5, 5.41) is 3.37. The number of halogens is 3. The first-order chi connectivity index (χ1) is 8.04. The van der Waals surface area contributed by atoms with Crippen molar-refractivity contribution < 1.29 is 4.39 Å². The fourth-order valence-electron chi connectivity index (χ4n) is 1.33. The van der Waals surface area contributed by atoms with Crippen LogP contribution in [-0.4, -0.2) is 9.97 Å². The van der Waals surface area contributed by atoms with Gasteiger partial charge in [0.2, 0.25) is 0 Å². The molecule has 0 amide bonds. The van der Waals surface area contributed by atoms with Gasteiger partial charge in [-0.25, -0.2) is 14.4 Å². The molecule has 0 unspecified atom stereocenters. The lowest BCUT2D eigenvalue weighted by molar-refractivity contribution is 0.628. The molecule has 0 atom stereocenters. The molecule has 0 aliphatic rings. The van der Waals surface area contributed by atoms with Gasteiger partial charge in [-0.1, -0.05) is 11.6 Å². The Balaban J connectivity index is 2.34. The molecule has 0 spiro atoms. The van der Waals surface area contributed by atoms with Crippen molar-refractivity contribution in [3.05, 3.63) is 45.5 Å². The molecule has 0 bridgehead atoms. The number of rotatable bonds is 2. The lowest BCUT2D eigenvalue weighted by Gasteiger charge is -2.08. The largest absolute Gasteiger partial charge is 0.339 e. The zero-order chi connectivity index (χ0) is 12.4. The van der Waals surface area contributed by atoms with E-state index in [-0.39, 0.29) is 5.82 Å². The molecule has 88 valence electrons. The van der Waals surface area contributed by atoms with Crippen LogP contribution >= 0.6 is 27.5 Å². The van der Waals surface area contributed by atoms with Crippen molar-refractivity contribution in [2.75, 3.05) is 5.32 Å². The Hall–Kier alpha value is -1.20. The molecular formula is C11H8BrClFN3. The third-order valence-electron chi connectivity index (χ3n) is 2.00. The summed E-state index contributed by atoms with van der Waals surface area (Å²) in [6.07, 6.45) is 0. The molecule has 0 saturated carbocycles. The highest BCUT2D eigenvalue weighted by atomic mass is 79.9. The van der Waals surface area contributed by atoms with Crippen LogP contribution in [0.2, 0.25) is 5.02 Å². The molecule has 0 saturated heterocycles. The fourth-order valence-corrected chi connectivity index (χ4v) is 1.96. The van der Waals surface area contributed by atoms with Crippen LogP contribution in [-0.2, 0) is 0 Å². The average molecular weight is 317 g/mol. The summed E-state index contributed by atoms with van der Waals surface area (Å²) in [6.45, 7) is 1.77. The number of hydrogen-bond donors (Lipinski definition) is 1. The molecule has 17 heavy (non-hydrogen) atoms. The van der Waals surface area contributed by atoms with Gasteiger partial charge in [0.05, 0.1) is 10.7 Å². The quantitative estimate of drug-likeness (QED) is 0.848. The van der Waals surface area contributed by atoms with Gasteiger partial charge in [-0.2, -0.15) is 0 Å². The lowest BCUT2D eigenvalue weighted by atomic mass is 10.3. The zero-order valence-corrected chi connectivity index (χ0v) is 11.2. The standard InChI is InChI=1S/C11H8BrClFN3/c1-6-15-10(12)5-11(16-6)17-9-4-7(14)2-3-8(9)13/h2-5H,1H3,(H,15,16,17). The van der Waals surface area contributed by atoms with E-state index < -0.39 is 0 Å². The molecular weight excluding hydrogens is 308 g/mol. The van der Waals surface area contributed by atoms with Crippen molar-refractivity contribution in [2.24, 2.45) is 0 Å². The van der Waals surface area contributed by atoms with Crippen LogP contribution < -0.4 is 5.32 Å². The van der Waals surface area contributed by atoms with E-state index in [0.717, 1.165) is 0 Å². The Morgan fingerprint density at radius 2 is 2.06 bits per heavy atom. The summed E-state index contributed by atoms with van der Waals surface area (Å²) in [6, 6.07) is 5.79. The van der Waals surface area contributed by atoms with Crippen molar-refractivity contribution in [1.82, 2.24) is 9.97 Å². The molecule has 2 aromatic rings. The molecule has 1 aromatic carbocycles. The van der Waals surface area contributed by atoms with Crippen LogP contribution in [0, 0.1) is 12.7 Å². The Bertz CT molecular complexity index is 542. The second-order valence-corrected chi connectivity index (χ2v) is 4.59. The first-order valence-electron chi connectivity index (χ1n) is 4.78. The van der Waals surface area contributed by atoms with Crippen LogP contribution in [0.15, 0.2) is 28.9 Å².